The van der Waals surface area contributed by atoms with Gasteiger partial charge in [0, 0.05) is 18.2 Å². The molecule has 21 heavy (non-hydrogen) atoms. The monoisotopic (exact) mass is 294 g/mol. The van der Waals surface area contributed by atoms with Gasteiger partial charge in [-0.2, -0.15) is 0 Å². The van der Waals surface area contributed by atoms with Crippen molar-refractivity contribution in [2.24, 2.45) is 0 Å². The van der Waals surface area contributed by atoms with Gasteiger partial charge in [0.2, 0.25) is 5.75 Å². The predicted octanol–water partition coefficient (Wildman–Crippen LogP) is 3.38. The summed E-state index contributed by atoms with van der Waals surface area (Å²) in [5.74, 6) is -1.68. The molecule has 0 aliphatic heterocycles. The van der Waals surface area contributed by atoms with Gasteiger partial charge in [-0.05, 0) is 31.3 Å². The molecular formula is C14H12F2N2O3. The highest BCUT2D eigenvalue weighted by Crippen LogP contribution is 2.35. The highest BCUT2D eigenvalue weighted by molar-refractivity contribution is 5.50. The van der Waals surface area contributed by atoms with Crippen molar-refractivity contribution in [3.8, 4) is 11.5 Å². The maximum atomic E-state index is 13.8. The van der Waals surface area contributed by atoms with E-state index < -0.39 is 28.0 Å². The van der Waals surface area contributed by atoms with E-state index in [0.717, 1.165) is 18.2 Å². The number of ether oxygens (including phenoxy) is 1. The molecule has 0 bridgehead atoms. The molecule has 0 atom stereocenters. The topological polar surface area (TPSA) is 64.4 Å². The molecule has 0 saturated carbocycles. The Labute approximate surface area is 119 Å². The molecule has 0 unspecified atom stereocenters. The van der Waals surface area contributed by atoms with Crippen molar-refractivity contribution in [1.29, 1.82) is 0 Å². The maximum absolute atomic E-state index is 13.8. The number of nitro groups is 1. The lowest BCUT2D eigenvalue weighted by molar-refractivity contribution is -0.385. The molecule has 2 aromatic rings. The van der Waals surface area contributed by atoms with Gasteiger partial charge in [-0.25, -0.2) is 8.78 Å². The number of benzene rings is 2. The van der Waals surface area contributed by atoms with E-state index in [2.05, 4.69) is 5.32 Å². The van der Waals surface area contributed by atoms with E-state index in [1.54, 1.807) is 7.05 Å². The molecule has 0 radical (unpaired) electrons. The summed E-state index contributed by atoms with van der Waals surface area (Å²) >= 11 is 0. The van der Waals surface area contributed by atoms with Crippen LogP contribution in [0.15, 0.2) is 36.4 Å². The minimum absolute atomic E-state index is 0.152. The van der Waals surface area contributed by atoms with Crippen LogP contribution in [0.25, 0.3) is 0 Å². The first-order chi connectivity index (χ1) is 10.0. The van der Waals surface area contributed by atoms with Crippen molar-refractivity contribution < 1.29 is 18.4 Å². The van der Waals surface area contributed by atoms with E-state index in [0.29, 0.717) is 5.56 Å². The lowest BCUT2D eigenvalue weighted by Gasteiger charge is -2.11. The highest BCUT2D eigenvalue weighted by atomic mass is 19.1. The second-order valence-electron chi connectivity index (χ2n) is 4.23. The Kier molecular flexibility index (Phi) is 4.44. The van der Waals surface area contributed by atoms with Crippen molar-refractivity contribution >= 4 is 5.69 Å². The fourth-order valence-corrected chi connectivity index (χ4v) is 1.83. The molecule has 2 aromatic carbocycles. The van der Waals surface area contributed by atoms with E-state index in [9.17, 15) is 18.9 Å². The quantitative estimate of drug-likeness (QED) is 0.678. The molecule has 0 aromatic heterocycles. The fraction of sp³-hybridized carbons (Fsp3) is 0.143. The summed E-state index contributed by atoms with van der Waals surface area (Å²) in [6.07, 6.45) is 0. The summed E-state index contributed by atoms with van der Waals surface area (Å²) in [5, 5.41) is 13.7. The molecular weight excluding hydrogens is 282 g/mol. The Morgan fingerprint density at radius 2 is 2.05 bits per heavy atom. The van der Waals surface area contributed by atoms with Gasteiger partial charge in [0.1, 0.15) is 11.6 Å². The van der Waals surface area contributed by atoms with E-state index >= 15 is 0 Å². The average Bonchev–Trinajstić information content (AvgIpc) is 2.43. The van der Waals surface area contributed by atoms with Crippen molar-refractivity contribution in [1.82, 2.24) is 5.32 Å². The minimum Gasteiger partial charge on any atom is -0.447 e. The predicted molar refractivity (Wildman–Crippen MR) is 72.3 cm³/mol. The largest absolute Gasteiger partial charge is 0.447 e. The zero-order valence-corrected chi connectivity index (χ0v) is 11.1. The van der Waals surface area contributed by atoms with Crippen LogP contribution >= 0.6 is 0 Å². The minimum atomic E-state index is -0.857. The van der Waals surface area contributed by atoms with Gasteiger partial charge in [0.25, 0.3) is 0 Å². The van der Waals surface area contributed by atoms with Gasteiger partial charge in [0.05, 0.1) is 4.92 Å². The third kappa shape index (κ3) is 3.32. The van der Waals surface area contributed by atoms with E-state index in [1.807, 2.05) is 0 Å². The Bertz CT molecular complexity index is 677. The molecule has 0 heterocycles. The molecule has 0 fully saturated rings. The normalized spacial score (nSPS) is 10.4. The standard InChI is InChI=1S/C14H12F2N2O3/c1-17-8-9-7-10(15)5-6-13(9)21-14-11(16)3-2-4-12(14)18(19)20/h2-7,17H,8H2,1H3. The second kappa shape index (κ2) is 6.27. The Morgan fingerprint density at radius 3 is 2.71 bits per heavy atom. The van der Waals surface area contributed by atoms with Crippen LogP contribution in [0, 0.1) is 21.7 Å². The number of hydrogen-bond donors (Lipinski definition) is 1. The third-order valence-electron chi connectivity index (χ3n) is 2.74. The fourth-order valence-electron chi connectivity index (χ4n) is 1.83. The summed E-state index contributed by atoms with van der Waals surface area (Å²) in [6.45, 7) is 0.273. The average molecular weight is 294 g/mol. The van der Waals surface area contributed by atoms with Crippen LogP contribution in [0.4, 0.5) is 14.5 Å². The molecule has 5 nitrogen and oxygen atoms in total. The van der Waals surface area contributed by atoms with E-state index in [4.69, 9.17) is 4.74 Å². The van der Waals surface area contributed by atoms with Crippen LogP contribution in [-0.2, 0) is 6.54 Å². The molecule has 0 amide bonds. The lowest BCUT2D eigenvalue weighted by Crippen LogP contribution is -2.07. The van der Waals surface area contributed by atoms with Gasteiger partial charge in [-0.15, -0.1) is 0 Å². The summed E-state index contributed by atoms with van der Waals surface area (Å²) in [4.78, 5) is 10.2. The van der Waals surface area contributed by atoms with Crippen molar-refractivity contribution in [3.63, 3.8) is 0 Å². The summed E-state index contributed by atoms with van der Waals surface area (Å²) < 4.78 is 32.3. The molecule has 7 heteroatoms. The number of para-hydroxylation sites is 1. The van der Waals surface area contributed by atoms with Gasteiger partial charge >= 0.3 is 5.69 Å². The molecule has 2 rings (SSSR count). The molecule has 0 aliphatic rings. The molecule has 0 aliphatic carbocycles. The van der Waals surface area contributed by atoms with Gasteiger partial charge in [-0.1, -0.05) is 6.07 Å². The lowest BCUT2D eigenvalue weighted by atomic mass is 10.2. The number of halogens is 2. The van der Waals surface area contributed by atoms with E-state index in [-0.39, 0.29) is 12.3 Å². The zero-order valence-electron chi connectivity index (χ0n) is 11.1. The third-order valence-corrected chi connectivity index (χ3v) is 2.74. The zero-order chi connectivity index (χ0) is 15.4. The van der Waals surface area contributed by atoms with Gasteiger partial charge in [-0.3, -0.25) is 10.1 Å². The van der Waals surface area contributed by atoms with Crippen LogP contribution in [-0.4, -0.2) is 12.0 Å². The first-order valence-corrected chi connectivity index (χ1v) is 6.06. The maximum Gasteiger partial charge on any atom is 0.314 e. The Balaban J connectivity index is 2.45. The van der Waals surface area contributed by atoms with Crippen LogP contribution < -0.4 is 10.1 Å². The number of hydrogen-bond acceptors (Lipinski definition) is 4. The van der Waals surface area contributed by atoms with Gasteiger partial charge in [0.15, 0.2) is 5.82 Å². The van der Waals surface area contributed by atoms with Crippen LogP contribution in [0.3, 0.4) is 0 Å². The Morgan fingerprint density at radius 1 is 1.29 bits per heavy atom. The van der Waals surface area contributed by atoms with Gasteiger partial charge < -0.3 is 10.1 Å². The Hall–Kier alpha value is -2.54. The number of nitrogens with one attached hydrogen (secondary N) is 1. The second-order valence-corrected chi connectivity index (χ2v) is 4.23. The number of nitrogens with zero attached hydrogens (tertiary/aromatic N) is 1. The van der Waals surface area contributed by atoms with Crippen LogP contribution in [0.2, 0.25) is 0 Å². The SMILES string of the molecule is CNCc1cc(F)ccc1Oc1c(F)cccc1[N+](=O)[O-]. The summed E-state index contributed by atoms with van der Waals surface area (Å²) in [6, 6.07) is 7.08. The van der Waals surface area contributed by atoms with Crippen molar-refractivity contribution in [2.75, 3.05) is 7.05 Å². The van der Waals surface area contributed by atoms with E-state index in [1.165, 1.54) is 18.2 Å². The number of rotatable bonds is 5. The van der Waals surface area contributed by atoms with Crippen LogP contribution in [0.5, 0.6) is 11.5 Å². The van der Waals surface area contributed by atoms with Crippen molar-refractivity contribution in [3.05, 3.63) is 63.7 Å². The molecule has 1 N–H and O–H groups in total. The molecule has 0 spiro atoms. The first kappa shape index (κ1) is 14.9. The molecule has 110 valence electrons. The molecule has 0 saturated heterocycles. The first-order valence-electron chi connectivity index (χ1n) is 6.06. The van der Waals surface area contributed by atoms with Crippen LogP contribution in [0.1, 0.15) is 5.56 Å². The smallest absolute Gasteiger partial charge is 0.314 e. The summed E-state index contributed by atoms with van der Waals surface area (Å²) in [5.41, 5.74) is -0.0650. The van der Waals surface area contributed by atoms with Crippen molar-refractivity contribution in [2.45, 2.75) is 6.54 Å². The number of nitro benzene ring substituents is 1. The summed E-state index contributed by atoms with van der Waals surface area (Å²) in [7, 11) is 1.65. The highest BCUT2D eigenvalue weighted by Gasteiger charge is 2.21.